The molecule has 0 saturated heterocycles. The van der Waals surface area contributed by atoms with Crippen molar-refractivity contribution in [1.29, 1.82) is 0 Å². The summed E-state index contributed by atoms with van der Waals surface area (Å²) in [6, 6.07) is 11.3. The van der Waals surface area contributed by atoms with Crippen LogP contribution >= 0.6 is 0 Å². The smallest absolute Gasteiger partial charge is 0.311 e. The summed E-state index contributed by atoms with van der Waals surface area (Å²) in [6.07, 6.45) is 4.54. The van der Waals surface area contributed by atoms with Crippen LogP contribution in [0.4, 0.5) is 23.0 Å². The van der Waals surface area contributed by atoms with Crippen molar-refractivity contribution in [2.24, 2.45) is 0 Å². The number of rotatable bonds is 8. The van der Waals surface area contributed by atoms with E-state index in [2.05, 4.69) is 46.5 Å². The molecule has 0 aliphatic rings. The number of aryl methyl sites for hydroxylation is 2. The van der Waals surface area contributed by atoms with Crippen LogP contribution in [0.5, 0.6) is 0 Å². The van der Waals surface area contributed by atoms with E-state index in [0.717, 1.165) is 41.8 Å². The molecule has 0 unspecified atom stereocenters. The van der Waals surface area contributed by atoms with Gasteiger partial charge >= 0.3 is 5.69 Å². The summed E-state index contributed by atoms with van der Waals surface area (Å²) in [6.45, 7) is 2.77. The first kappa shape index (κ1) is 19.2. The van der Waals surface area contributed by atoms with Gasteiger partial charge in [-0.05, 0) is 36.5 Å². The second-order valence-electron chi connectivity index (χ2n) is 6.53. The molecule has 0 aliphatic heterocycles. The van der Waals surface area contributed by atoms with Crippen LogP contribution in [0.15, 0.2) is 42.6 Å². The van der Waals surface area contributed by atoms with Crippen molar-refractivity contribution in [1.82, 2.24) is 9.97 Å². The minimum absolute atomic E-state index is 0.0951. The average Bonchev–Trinajstić information content (AvgIpc) is 3.05. The number of pyridine rings is 1. The Morgan fingerprint density at radius 3 is 2.57 bits per heavy atom. The molecular formula is C20H24N6O2. The van der Waals surface area contributed by atoms with Crippen molar-refractivity contribution in [3.63, 3.8) is 0 Å². The molecule has 0 atom stereocenters. The third kappa shape index (κ3) is 4.22. The fourth-order valence-electron chi connectivity index (χ4n) is 3.05. The number of benzene rings is 1. The molecule has 0 spiro atoms. The largest absolute Gasteiger partial charge is 0.397 e. The number of hydrogen-bond donors (Lipinski definition) is 4. The molecule has 146 valence electrons. The molecular weight excluding hydrogens is 356 g/mol. The third-order valence-electron chi connectivity index (χ3n) is 4.69. The molecule has 0 fully saturated rings. The summed E-state index contributed by atoms with van der Waals surface area (Å²) < 4.78 is 0. The molecule has 8 heteroatoms. The van der Waals surface area contributed by atoms with Gasteiger partial charge in [-0.3, -0.25) is 10.1 Å². The Morgan fingerprint density at radius 2 is 1.93 bits per heavy atom. The van der Waals surface area contributed by atoms with Crippen molar-refractivity contribution in [2.45, 2.75) is 26.2 Å². The zero-order valence-electron chi connectivity index (χ0n) is 15.7. The number of aromatic amines is 1. The Balaban J connectivity index is 1.56. The molecule has 0 radical (unpaired) electrons. The molecule has 28 heavy (non-hydrogen) atoms. The van der Waals surface area contributed by atoms with E-state index in [-0.39, 0.29) is 11.5 Å². The zero-order chi connectivity index (χ0) is 20.1. The Hall–Kier alpha value is -3.55. The number of nitrogens with two attached hydrogens (primary N) is 2. The molecule has 0 aliphatic carbocycles. The van der Waals surface area contributed by atoms with E-state index in [9.17, 15) is 10.1 Å². The lowest BCUT2D eigenvalue weighted by Gasteiger charge is -2.07. The van der Waals surface area contributed by atoms with E-state index < -0.39 is 4.92 Å². The predicted octanol–water partition coefficient (Wildman–Crippen LogP) is 3.76. The van der Waals surface area contributed by atoms with Crippen LogP contribution in [0, 0.1) is 10.1 Å². The van der Waals surface area contributed by atoms with Gasteiger partial charge in [-0.1, -0.05) is 31.2 Å². The van der Waals surface area contributed by atoms with Gasteiger partial charge in [0, 0.05) is 30.1 Å². The predicted molar refractivity (Wildman–Crippen MR) is 112 cm³/mol. The van der Waals surface area contributed by atoms with Crippen LogP contribution in [-0.4, -0.2) is 21.4 Å². The normalized spacial score (nSPS) is 10.8. The Bertz CT molecular complexity index is 965. The number of anilines is 3. The van der Waals surface area contributed by atoms with Gasteiger partial charge in [-0.2, -0.15) is 0 Å². The summed E-state index contributed by atoms with van der Waals surface area (Å²) in [7, 11) is 0. The number of nitro groups is 1. The van der Waals surface area contributed by atoms with E-state index in [1.807, 2.05) is 6.20 Å². The minimum atomic E-state index is -0.548. The molecule has 3 rings (SSSR count). The van der Waals surface area contributed by atoms with E-state index >= 15 is 0 Å². The number of nitrogen functional groups attached to an aromatic ring is 2. The molecule has 2 aromatic heterocycles. The van der Waals surface area contributed by atoms with Crippen molar-refractivity contribution in [2.75, 3.05) is 23.3 Å². The van der Waals surface area contributed by atoms with Crippen LogP contribution in [0.25, 0.3) is 11.1 Å². The summed E-state index contributed by atoms with van der Waals surface area (Å²) >= 11 is 0. The highest BCUT2D eigenvalue weighted by Gasteiger charge is 2.13. The maximum Gasteiger partial charge on any atom is 0.311 e. The van der Waals surface area contributed by atoms with Gasteiger partial charge in [0.25, 0.3) is 0 Å². The number of nitrogens with zero attached hydrogens (tertiary/aromatic N) is 2. The molecule has 2 heterocycles. The molecule has 3 aromatic rings. The first-order valence-electron chi connectivity index (χ1n) is 9.19. The summed E-state index contributed by atoms with van der Waals surface area (Å²) in [5, 5.41) is 13.9. The molecule has 0 bridgehead atoms. The summed E-state index contributed by atoms with van der Waals surface area (Å²) in [4.78, 5) is 17.5. The van der Waals surface area contributed by atoms with Crippen molar-refractivity contribution in [3.8, 4) is 11.1 Å². The fraction of sp³-hybridized carbons (Fsp3) is 0.250. The van der Waals surface area contributed by atoms with Crippen LogP contribution in [0.3, 0.4) is 0 Å². The maximum atomic E-state index is 10.8. The molecule has 0 saturated carbocycles. The highest BCUT2D eigenvalue weighted by Crippen LogP contribution is 2.29. The van der Waals surface area contributed by atoms with Crippen LogP contribution in [-0.2, 0) is 12.8 Å². The van der Waals surface area contributed by atoms with Gasteiger partial charge in [0.2, 0.25) is 5.82 Å². The Morgan fingerprint density at radius 1 is 1.18 bits per heavy atom. The molecule has 6 N–H and O–H groups in total. The van der Waals surface area contributed by atoms with Crippen molar-refractivity contribution < 1.29 is 4.92 Å². The number of H-pyrrole nitrogens is 1. The van der Waals surface area contributed by atoms with Gasteiger partial charge in [-0.25, -0.2) is 4.98 Å². The van der Waals surface area contributed by atoms with Crippen LogP contribution in [0.2, 0.25) is 0 Å². The minimum Gasteiger partial charge on any atom is -0.397 e. The molecule has 8 nitrogen and oxygen atoms in total. The number of aromatic nitrogens is 2. The van der Waals surface area contributed by atoms with Crippen LogP contribution < -0.4 is 16.8 Å². The fourth-order valence-corrected chi connectivity index (χ4v) is 3.05. The Labute approximate surface area is 163 Å². The summed E-state index contributed by atoms with van der Waals surface area (Å²) in [5.41, 5.74) is 16.9. The van der Waals surface area contributed by atoms with E-state index in [0.29, 0.717) is 12.4 Å². The lowest BCUT2D eigenvalue weighted by molar-refractivity contribution is -0.384. The first-order valence-corrected chi connectivity index (χ1v) is 9.19. The number of nitrogens with one attached hydrogen (secondary N) is 2. The van der Waals surface area contributed by atoms with E-state index in [4.69, 9.17) is 11.5 Å². The average molecular weight is 380 g/mol. The quantitative estimate of drug-likeness (QED) is 0.267. The maximum absolute atomic E-state index is 10.8. The molecule has 1 aromatic carbocycles. The van der Waals surface area contributed by atoms with E-state index in [1.165, 1.54) is 11.6 Å². The highest BCUT2D eigenvalue weighted by atomic mass is 16.6. The van der Waals surface area contributed by atoms with Gasteiger partial charge in [0.15, 0.2) is 0 Å². The number of hydrogen-bond acceptors (Lipinski definition) is 6. The monoisotopic (exact) mass is 380 g/mol. The first-order chi connectivity index (χ1) is 13.5. The third-order valence-corrected chi connectivity index (χ3v) is 4.69. The zero-order valence-corrected chi connectivity index (χ0v) is 15.7. The SMILES string of the molecule is CCc1ccc(-c2c[nH]c(CCCNc3ccc([N+](=O)[O-])c(N)n3)c2N)cc1. The van der Waals surface area contributed by atoms with Crippen LogP contribution in [0.1, 0.15) is 24.6 Å². The standard InChI is InChI=1S/C20H24N6O2/c1-2-13-5-7-14(8-6-13)15-12-24-16(19(15)21)4-3-11-23-18-10-9-17(26(27)28)20(22)25-18/h5-10,12,24H,2-4,11,21H2,1H3,(H3,22,23,25). The second-order valence-corrected chi connectivity index (χ2v) is 6.53. The van der Waals surface area contributed by atoms with Gasteiger partial charge in [-0.15, -0.1) is 0 Å². The lowest BCUT2D eigenvalue weighted by Crippen LogP contribution is -2.07. The van der Waals surface area contributed by atoms with Crippen molar-refractivity contribution in [3.05, 3.63) is 64.0 Å². The Kier molecular flexibility index (Phi) is 5.78. The lowest BCUT2D eigenvalue weighted by atomic mass is 10.0. The van der Waals surface area contributed by atoms with Crippen molar-refractivity contribution >= 4 is 23.0 Å². The van der Waals surface area contributed by atoms with Gasteiger partial charge in [0.1, 0.15) is 5.82 Å². The van der Waals surface area contributed by atoms with E-state index in [1.54, 1.807) is 6.07 Å². The molecule has 0 amide bonds. The second kappa shape index (κ2) is 8.43. The summed E-state index contributed by atoms with van der Waals surface area (Å²) in [5.74, 6) is 0.418. The topological polar surface area (TPSA) is 136 Å². The highest BCUT2D eigenvalue weighted by molar-refractivity contribution is 5.78. The van der Waals surface area contributed by atoms with Gasteiger partial charge in [0.05, 0.1) is 10.6 Å². The van der Waals surface area contributed by atoms with Gasteiger partial charge < -0.3 is 21.8 Å².